The van der Waals surface area contributed by atoms with Crippen molar-refractivity contribution in [2.75, 3.05) is 19.0 Å². The molecule has 0 spiro atoms. The summed E-state index contributed by atoms with van der Waals surface area (Å²) in [6.45, 7) is 0.924. The Kier molecular flexibility index (Phi) is 6.51. The molecule has 0 atom stereocenters. The Morgan fingerprint density at radius 1 is 1.11 bits per heavy atom. The normalized spacial score (nSPS) is 10.4. The lowest BCUT2D eigenvalue weighted by Gasteiger charge is -2.10. The van der Waals surface area contributed by atoms with E-state index in [4.69, 9.17) is 4.74 Å². The van der Waals surface area contributed by atoms with Crippen molar-refractivity contribution in [2.45, 2.75) is 13.0 Å². The summed E-state index contributed by atoms with van der Waals surface area (Å²) in [5.74, 6) is 0.764. The molecule has 6 nitrogen and oxygen atoms in total. The van der Waals surface area contributed by atoms with Crippen LogP contribution in [0.5, 0.6) is 5.75 Å². The van der Waals surface area contributed by atoms with Crippen molar-refractivity contribution in [3.8, 4) is 5.75 Å². The number of hydrogen-bond acceptors (Lipinski definition) is 5. The minimum absolute atomic E-state index is 0.275. The molecule has 1 aromatic heterocycles. The quantitative estimate of drug-likeness (QED) is 0.628. The minimum Gasteiger partial charge on any atom is -0.496 e. The molecule has 0 fully saturated rings. The highest BCUT2D eigenvalue weighted by molar-refractivity contribution is 5.92. The SMILES string of the molecule is COc1ccccc1CCNC(=O)c1cc(NCc2ccc(F)cc2)ncn1. The first-order valence-corrected chi connectivity index (χ1v) is 8.86. The van der Waals surface area contributed by atoms with E-state index in [1.165, 1.54) is 18.5 Å². The highest BCUT2D eigenvalue weighted by Gasteiger charge is 2.09. The number of aromatic nitrogens is 2. The highest BCUT2D eigenvalue weighted by atomic mass is 19.1. The third kappa shape index (κ3) is 5.26. The van der Waals surface area contributed by atoms with Gasteiger partial charge in [0.2, 0.25) is 0 Å². The maximum Gasteiger partial charge on any atom is 0.270 e. The lowest BCUT2D eigenvalue weighted by molar-refractivity contribution is 0.0949. The molecule has 28 heavy (non-hydrogen) atoms. The summed E-state index contributed by atoms with van der Waals surface area (Å²) in [6.07, 6.45) is 1.98. The Labute approximate surface area is 162 Å². The van der Waals surface area contributed by atoms with E-state index >= 15 is 0 Å². The Balaban J connectivity index is 1.54. The number of methoxy groups -OCH3 is 1. The maximum atomic E-state index is 13.0. The number of benzene rings is 2. The number of para-hydroxylation sites is 1. The van der Waals surface area contributed by atoms with Gasteiger partial charge in [-0.1, -0.05) is 30.3 Å². The smallest absolute Gasteiger partial charge is 0.270 e. The molecule has 0 bridgehead atoms. The third-order valence-electron chi connectivity index (χ3n) is 4.16. The van der Waals surface area contributed by atoms with Crippen LogP contribution in [0.25, 0.3) is 0 Å². The summed E-state index contributed by atoms with van der Waals surface area (Å²) in [5.41, 5.74) is 2.20. The molecular formula is C21H21FN4O2. The molecule has 0 radical (unpaired) electrons. The largest absolute Gasteiger partial charge is 0.496 e. The molecule has 1 heterocycles. The second kappa shape index (κ2) is 9.45. The second-order valence-corrected chi connectivity index (χ2v) is 6.09. The molecule has 0 saturated heterocycles. The van der Waals surface area contributed by atoms with Crippen LogP contribution in [-0.2, 0) is 13.0 Å². The van der Waals surface area contributed by atoms with Gasteiger partial charge in [-0.3, -0.25) is 4.79 Å². The van der Waals surface area contributed by atoms with E-state index in [1.807, 2.05) is 24.3 Å². The van der Waals surface area contributed by atoms with Crippen LogP contribution in [-0.4, -0.2) is 29.5 Å². The Hall–Kier alpha value is -3.48. The van der Waals surface area contributed by atoms with E-state index in [0.717, 1.165) is 16.9 Å². The number of rotatable bonds is 8. The molecule has 0 unspecified atom stereocenters. The Morgan fingerprint density at radius 3 is 2.68 bits per heavy atom. The number of hydrogen-bond donors (Lipinski definition) is 2. The van der Waals surface area contributed by atoms with Gasteiger partial charge in [-0.05, 0) is 35.7 Å². The van der Waals surface area contributed by atoms with Crippen LogP contribution in [0.4, 0.5) is 10.2 Å². The van der Waals surface area contributed by atoms with Crippen molar-refractivity contribution in [1.82, 2.24) is 15.3 Å². The third-order valence-corrected chi connectivity index (χ3v) is 4.16. The van der Waals surface area contributed by atoms with Crippen LogP contribution in [0.2, 0.25) is 0 Å². The van der Waals surface area contributed by atoms with Crippen molar-refractivity contribution in [3.63, 3.8) is 0 Å². The van der Waals surface area contributed by atoms with Gasteiger partial charge in [-0.15, -0.1) is 0 Å². The summed E-state index contributed by atoms with van der Waals surface area (Å²) in [5, 5.41) is 5.95. The van der Waals surface area contributed by atoms with Crippen molar-refractivity contribution < 1.29 is 13.9 Å². The van der Waals surface area contributed by atoms with Gasteiger partial charge in [0, 0.05) is 19.2 Å². The van der Waals surface area contributed by atoms with Crippen molar-refractivity contribution >= 4 is 11.7 Å². The van der Waals surface area contributed by atoms with Gasteiger partial charge in [-0.25, -0.2) is 14.4 Å². The van der Waals surface area contributed by atoms with E-state index in [-0.39, 0.29) is 17.4 Å². The fourth-order valence-electron chi connectivity index (χ4n) is 2.68. The molecule has 144 valence electrons. The second-order valence-electron chi connectivity index (χ2n) is 6.09. The van der Waals surface area contributed by atoms with Gasteiger partial charge in [0.15, 0.2) is 0 Å². The van der Waals surface area contributed by atoms with Gasteiger partial charge in [0.1, 0.15) is 29.4 Å². The number of amides is 1. The summed E-state index contributed by atoms with van der Waals surface area (Å²) in [7, 11) is 1.62. The van der Waals surface area contributed by atoms with Gasteiger partial charge >= 0.3 is 0 Å². The van der Waals surface area contributed by atoms with Crippen LogP contribution in [0.3, 0.4) is 0 Å². The lowest BCUT2D eigenvalue weighted by atomic mass is 10.1. The zero-order valence-corrected chi connectivity index (χ0v) is 15.5. The summed E-state index contributed by atoms with van der Waals surface area (Å²) in [6, 6.07) is 15.5. The number of nitrogens with zero attached hydrogens (tertiary/aromatic N) is 2. The molecule has 3 aromatic rings. The lowest BCUT2D eigenvalue weighted by Crippen LogP contribution is -2.26. The average Bonchev–Trinajstić information content (AvgIpc) is 2.74. The van der Waals surface area contributed by atoms with Crippen LogP contribution in [0.15, 0.2) is 60.9 Å². The fourth-order valence-corrected chi connectivity index (χ4v) is 2.68. The minimum atomic E-state index is -0.280. The van der Waals surface area contributed by atoms with Crippen LogP contribution in [0, 0.1) is 5.82 Å². The predicted octanol–water partition coefficient (Wildman–Crippen LogP) is 3.21. The van der Waals surface area contributed by atoms with Gasteiger partial charge < -0.3 is 15.4 Å². The molecule has 7 heteroatoms. The van der Waals surface area contributed by atoms with E-state index < -0.39 is 0 Å². The number of anilines is 1. The van der Waals surface area contributed by atoms with E-state index in [9.17, 15) is 9.18 Å². The van der Waals surface area contributed by atoms with Crippen LogP contribution < -0.4 is 15.4 Å². The van der Waals surface area contributed by atoms with Crippen LogP contribution in [0.1, 0.15) is 21.6 Å². The zero-order chi connectivity index (χ0) is 19.8. The standard InChI is InChI=1S/C21H21FN4O2/c1-28-19-5-3-2-4-16(19)10-11-23-21(27)18-12-20(26-14-25-18)24-13-15-6-8-17(22)9-7-15/h2-9,12,14H,10-11,13H2,1H3,(H,23,27)(H,24,25,26). The van der Waals surface area contributed by atoms with E-state index in [1.54, 1.807) is 25.3 Å². The topological polar surface area (TPSA) is 76.1 Å². The molecular weight excluding hydrogens is 359 g/mol. The van der Waals surface area contributed by atoms with Gasteiger partial charge in [-0.2, -0.15) is 0 Å². The zero-order valence-electron chi connectivity index (χ0n) is 15.5. The first-order valence-electron chi connectivity index (χ1n) is 8.86. The number of halogens is 1. The highest BCUT2D eigenvalue weighted by Crippen LogP contribution is 2.17. The summed E-state index contributed by atoms with van der Waals surface area (Å²) >= 11 is 0. The molecule has 0 aliphatic carbocycles. The summed E-state index contributed by atoms with van der Waals surface area (Å²) in [4.78, 5) is 20.5. The maximum absolute atomic E-state index is 13.0. The first-order chi connectivity index (χ1) is 13.7. The van der Waals surface area contributed by atoms with Crippen molar-refractivity contribution in [1.29, 1.82) is 0 Å². The number of carbonyl (C=O) groups excluding carboxylic acids is 1. The predicted molar refractivity (Wildman–Crippen MR) is 105 cm³/mol. The summed E-state index contributed by atoms with van der Waals surface area (Å²) < 4.78 is 18.3. The first kappa shape index (κ1) is 19.3. The number of carbonyl (C=O) groups is 1. The van der Waals surface area contributed by atoms with Crippen molar-refractivity contribution in [2.24, 2.45) is 0 Å². The number of ether oxygens (including phenoxy) is 1. The van der Waals surface area contributed by atoms with Gasteiger partial charge in [0.05, 0.1) is 7.11 Å². The molecule has 1 amide bonds. The molecule has 0 aliphatic heterocycles. The monoisotopic (exact) mass is 380 g/mol. The molecule has 3 rings (SSSR count). The Bertz CT molecular complexity index is 932. The van der Waals surface area contributed by atoms with E-state index in [2.05, 4.69) is 20.6 Å². The molecule has 2 aromatic carbocycles. The molecule has 0 aliphatic rings. The molecule has 0 saturated carbocycles. The van der Waals surface area contributed by atoms with Crippen molar-refractivity contribution in [3.05, 3.63) is 83.6 Å². The molecule has 2 N–H and O–H groups in total. The Morgan fingerprint density at radius 2 is 1.89 bits per heavy atom. The van der Waals surface area contributed by atoms with Gasteiger partial charge in [0.25, 0.3) is 5.91 Å². The van der Waals surface area contributed by atoms with E-state index in [0.29, 0.717) is 25.3 Å². The van der Waals surface area contributed by atoms with Crippen LogP contribution >= 0.6 is 0 Å². The number of nitrogens with one attached hydrogen (secondary N) is 2. The average molecular weight is 380 g/mol. The fraction of sp³-hybridized carbons (Fsp3) is 0.190.